The Balaban J connectivity index is 2.26. The Bertz CT molecular complexity index is 698. The maximum atomic E-state index is 11.1. The minimum Gasteiger partial charge on any atom is -0.494 e. The lowest BCUT2D eigenvalue weighted by Gasteiger charge is -2.22. The zero-order valence-electron chi connectivity index (χ0n) is 13.1. The summed E-state index contributed by atoms with van der Waals surface area (Å²) in [5.74, 6) is -3.83. The van der Waals surface area contributed by atoms with Gasteiger partial charge >= 0.3 is 11.9 Å². The van der Waals surface area contributed by atoms with Gasteiger partial charge in [-0.1, -0.05) is 21.6 Å². The molecule has 2 unspecified atom stereocenters. The Labute approximate surface area is 154 Å². The maximum absolute atomic E-state index is 11.1. The van der Waals surface area contributed by atoms with Crippen LogP contribution in [0.3, 0.4) is 0 Å². The number of carbonyl (C=O) groups is 2. The van der Waals surface area contributed by atoms with Gasteiger partial charge in [-0.3, -0.25) is 18.7 Å². The fraction of sp³-hybridized carbons (Fsp3) is 0.286. The second-order valence-corrected chi connectivity index (χ2v) is 7.76. The summed E-state index contributed by atoms with van der Waals surface area (Å²) < 4.78 is 1.97. The first kappa shape index (κ1) is 19.7. The summed E-state index contributed by atoms with van der Waals surface area (Å²) in [4.78, 5) is 22.2. The number of hydrogen-bond acceptors (Lipinski definition) is 8. The number of aromatic nitrogens is 2. The molecule has 10 nitrogen and oxygen atoms in total. The predicted molar refractivity (Wildman–Crippen MR) is 93.3 cm³/mol. The number of carboxylic acid groups (broad SMARTS) is 2. The van der Waals surface area contributed by atoms with Crippen LogP contribution in [-0.4, -0.2) is 51.7 Å². The van der Waals surface area contributed by atoms with E-state index in [4.69, 9.17) is 10.2 Å². The smallest absolute Gasteiger partial charge is 0.306 e. The summed E-state index contributed by atoms with van der Waals surface area (Å²) in [6.45, 7) is 0. The van der Waals surface area contributed by atoms with Crippen molar-refractivity contribution in [2.24, 2.45) is 0 Å². The highest BCUT2D eigenvalue weighted by Crippen LogP contribution is 2.49. The van der Waals surface area contributed by atoms with Gasteiger partial charge in [-0.05, 0) is 0 Å². The highest BCUT2D eigenvalue weighted by molar-refractivity contribution is 8.76. The van der Waals surface area contributed by atoms with Gasteiger partial charge in [-0.2, -0.15) is 0 Å². The van der Waals surface area contributed by atoms with Gasteiger partial charge in [-0.15, -0.1) is 0 Å². The van der Waals surface area contributed by atoms with Gasteiger partial charge in [0.1, 0.15) is 10.7 Å². The minimum absolute atomic E-state index is 0.358. The molecule has 2 heterocycles. The summed E-state index contributed by atoms with van der Waals surface area (Å²) in [5, 5.41) is 55.4. The molecule has 6 N–H and O–H groups in total. The van der Waals surface area contributed by atoms with Crippen molar-refractivity contribution in [1.29, 1.82) is 0 Å². The predicted octanol–water partition coefficient (Wildman–Crippen LogP) is 2.14. The van der Waals surface area contributed by atoms with Crippen LogP contribution in [0.15, 0.2) is 24.3 Å². The number of aromatic hydroxyl groups is 4. The van der Waals surface area contributed by atoms with Crippen LogP contribution in [0.1, 0.15) is 23.6 Å². The van der Waals surface area contributed by atoms with Crippen molar-refractivity contribution in [3.8, 4) is 23.5 Å². The van der Waals surface area contributed by atoms with E-state index >= 15 is 0 Å². The quantitative estimate of drug-likeness (QED) is 0.341. The molecule has 0 aliphatic rings. The van der Waals surface area contributed by atoms with Crippen LogP contribution >= 0.6 is 21.6 Å². The van der Waals surface area contributed by atoms with E-state index in [9.17, 15) is 30.0 Å². The first-order valence-corrected chi connectivity index (χ1v) is 9.42. The average molecular weight is 404 g/mol. The van der Waals surface area contributed by atoms with Gasteiger partial charge in [0.05, 0.1) is 12.8 Å². The van der Waals surface area contributed by atoms with Crippen LogP contribution < -0.4 is 0 Å². The Kier molecular flexibility index (Phi) is 6.21. The third-order valence-electron chi connectivity index (χ3n) is 3.30. The minimum atomic E-state index is -1.20. The number of hydrogen-bond donors (Lipinski definition) is 6. The van der Waals surface area contributed by atoms with Crippen molar-refractivity contribution in [2.45, 2.75) is 23.6 Å². The molecule has 0 amide bonds. The van der Waals surface area contributed by atoms with Gasteiger partial charge in [0.15, 0.2) is 23.5 Å². The summed E-state index contributed by atoms with van der Waals surface area (Å²) in [7, 11) is 1.75. The molecular weight excluding hydrogens is 388 g/mol. The number of aliphatic carboxylic acids is 2. The van der Waals surface area contributed by atoms with Crippen LogP contribution in [0, 0.1) is 0 Å². The molecule has 0 bridgehead atoms. The first-order chi connectivity index (χ1) is 12.2. The highest BCUT2D eigenvalue weighted by atomic mass is 33.1. The lowest BCUT2D eigenvalue weighted by atomic mass is 10.4. The van der Waals surface area contributed by atoms with E-state index < -0.39 is 35.5 Å². The fourth-order valence-electron chi connectivity index (χ4n) is 2.21. The van der Waals surface area contributed by atoms with Crippen LogP contribution in [0.4, 0.5) is 0 Å². The highest BCUT2D eigenvalue weighted by Gasteiger charge is 2.27. The largest absolute Gasteiger partial charge is 0.494 e. The lowest BCUT2D eigenvalue weighted by molar-refractivity contribution is -0.138. The molecule has 0 radical (unpaired) electrons. The first-order valence-electron chi connectivity index (χ1n) is 7.14. The Morgan fingerprint density at radius 3 is 1.23 bits per heavy atom. The normalized spacial score (nSPS) is 13.4. The monoisotopic (exact) mass is 404 g/mol. The molecule has 2 aromatic heterocycles. The zero-order chi connectivity index (χ0) is 19.4. The number of rotatable bonds is 9. The average Bonchev–Trinajstić information content (AvgIpc) is 3.04. The van der Waals surface area contributed by atoms with Crippen molar-refractivity contribution in [3.05, 3.63) is 24.3 Å². The van der Waals surface area contributed by atoms with Gasteiger partial charge in [-0.25, -0.2) is 0 Å². The summed E-state index contributed by atoms with van der Waals surface area (Å²) in [6.07, 6.45) is -0.951. The number of nitrogens with zero attached hydrogens (tertiary/aromatic N) is 2. The van der Waals surface area contributed by atoms with Gasteiger partial charge < -0.3 is 30.6 Å². The molecule has 0 spiro atoms. The van der Waals surface area contributed by atoms with E-state index in [0.29, 0.717) is 0 Å². The van der Waals surface area contributed by atoms with Gasteiger partial charge in [0.2, 0.25) is 0 Å². The summed E-state index contributed by atoms with van der Waals surface area (Å²) in [5.41, 5.74) is 0. The van der Waals surface area contributed by atoms with Crippen molar-refractivity contribution in [1.82, 2.24) is 9.13 Å². The lowest BCUT2D eigenvalue weighted by Crippen LogP contribution is -2.12. The molecule has 2 atom stereocenters. The van der Waals surface area contributed by atoms with Crippen LogP contribution in [0.5, 0.6) is 23.5 Å². The Morgan fingerprint density at radius 2 is 1.00 bits per heavy atom. The van der Waals surface area contributed by atoms with E-state index in [2.05, 4.69) is 0 Å². The Hall–Kier alpha value is -2.60. The van der Waals surface area contributed by atoms with Gasteiger partial charge in [0, 0.05) is 24.3 Å². The topological polar surface area (TPSA) is 165 Å². The van der Waals surface area contributed by atoms with Gasteiger partial charge in [0.25, 0.3) is 0 Å². The molecule has 26 heavy (non-hydrogen) atoms. The van der Waals surface area contributed by atoms with Crippen molar-refractivity contribution < 1.29 is 40.2 Å². The molecule has 0 aliphatic carbocycles. The van der Waals surface area contributed by atoms with Crippen molar-refractivity contribution in [3.63, 3.8) is 0 Å². The van der Waals surface area contributed by atoms with E-state index in [1.54, 1.807) is 0 Å². The molecule has 2 aromatic rings. The molecule has 0 fully saturated rings. The molecule has 0 aromatic carbocycles. The second kappa shape index (κ2) is 8.19. The van der Waals surface area contributed by atoms with E-state index in [1.807, 2.05) is 0 Å². The molecule has 0 saturated heterocycles. The van der Waals surface area contributed by atoms with E-state index in [-0.39, 0.29) is 23.5 Å². The number of carboxylic acids is 2. The Morgan fingerprint density at radius 1 is 0.731 bits per heavy atom. The molecule has 142 valence electrons. The van der Waals surface area contributed by atoms with E-state index in [0.717, 1.165) is 30.7 Å². The molecule has 0 saturated carbocycles. The maximum Gasteiger partial charge on any atom is 0.306 e. The zero-order valence-corrected chi connectivity index (χ0v) is 14.7. The molecular formula is C14H16N2O8S2. The summed E-state index contributed by atoms with van der Waals surface area (Å²) >= 11 is 0. The third-order valence-corrected chi connectivity index (χ3v) is 6.28. The molecule has 0 aliphatic heterocycles. The standard InChI is InChI=1S/C14H16N2O8S2/c17-7-1-2-8(18)15(7)11(5-13(21)22)25-26-12(6-14(23)24)16-9(19)3-4-10(16)20/h1-4,11-12,17-20H,5-6H2,(H,21,22)(H,23,24). The van der Waals surface area contributed by atoms with Crippen molar-refractivity contribution in [2.75, 3.05) is 0 Å². The van der Waals surface area contributed by atoms with Crippen molar-refractivity contribution >= 4 is 33.5 Å². The molecule has 12 heteroatoms. The van der Waals surface area contributed by atoms with Crippen LogP contribution in [0.25, 0.3) is 0 Å². The van der Waals surface area contributed by atoms with Crippen LogP contribution in [0.2, 0.25) is 0 Å². The SMILES string of the molecule is O=C(O)CC(SSC(CC(=O)O)n1c(O)ccc1O)n1c(O)ccc1O. The third kappa shape index (κ3) is 4.52. The van der Waals surface area contributed by atoms with Crippen LogP contribution in [-0.2, 0) is 9.59 Å². The summed E-state index contributed by atoms with van der Waals surface area (Å²) in [6, 6.07) is 4.75. The second-order valence-electron chi connectivity index (χ2n) is 5.14. The fourth-order valence-corrected chi connectivity index (χ4v) is 5.18. The van der Waals surface area contributed by atoms with E-state index in [1.165, 1.54) is 24.3 Å². The molecule has 2 rings (SSSR count).